The summed E-state index contributed by atoms with van der Waals surface area (Å²) >= 11 is 0. The average Bonchev–Trinajstić information content (AvgIpc) is 2.32. The molecule has 0 fully saturated rings. The van der Waals surface area contributed by atoms with Crippen LogP contribution in [0.15, 0.2) is 24.3 Å². The van der Waals surface area contributed by atoms with E-state index in [0.717, 1.165) is 0 Å². The molecule has 1 atom stereocenters. The Morgan fingerprint density at radius 3 is 2.43 bits per heavy atom. The summed E-state index contributed by atoms with van der Waals surface area (Å²) in [5.74, 6) is 0.616. The van der Waals surface area contributed by atoms with Crippen molar-refractivity contribution in [1.82, 2.24) is 0 Å². The smallest absolute Gasteiger partial charge is 0.358 e. The zero-order chi connectivity index (χ0) is 7.84. The van der Waals surface area contributed by atoms with Crippen molar-refractivity contribution in [2.75, 3.05) is 0 Å². The topological polar surface area (TPSA) is 0 Å². The van der Waals surface area contributed by atoms with E-state index >= 15 is 0 Å². The van der Waals surface area contributed by atoms with Crippen molar-refractivity contribution in [2.45, 2.75) is 19.8 Å². The third kappa shape index (κ3) is 2.92. The summed E-state index contributed by atoms with van der Waals surface area (Å²) in [4.78, 5) is 0. The molecule has 1 aliphatic carbocycles. The molecule has 1 aliphatic rings. The van der Waals surface area contributed by atoms with Crippen LogP contribution < -0.4 is 0 Å². The van der Waals surface area contributed by atoms with Gasteiger partial charge in [-0.1, -0.05) is 42.8 Å². The quantitative estimate of drug-likeness (QED) is 0.622. The van der Waals surface area contributed by atoms with Crippen molar-refractivity contribution >= 4 is 6.08 Å². The first-order valence-corrected chi connectivity index (χ1v) is 4.06. The summed E-state index contributed by atoms with van der Waals surface area (Å²) in [7, 11) is 0. The van der Waals surface area contributed by atoms with Crippen LogP contribution in [0.1, 0.15) is 29.5 Å². The molecule has 0 heterocycles. The maximum atomic E-state index is 2.25. The third-order valence-electron chi connectivity index (χ3n) is 2.30. The number of benzene rings is 1. The van der Waals surface area contributed by atoms with Gasteiger partial charge in [0, 0.05) is 0 Å². The molecule has 0 radical (unpaired) electrons. The second-order valence-electron chi connectivity index (χ2n) is 3.28. The molecule has 0 aliphatic heterocycles. The Balaban J connectivity index is 0. The molecule has 0 saturated carbocycles. The van der Waals surface area contributed by atoms with Crippen molar-refractivity contribution in [3.63, 3.8) is 0 Å². The van der Waals surface area contributed by atoms with Crippen molar-refractivity contribution in [1.29, 1.82) is 0 Å². The van der Waals surface area contributed by atoms with Crippen LogP contribution in [-0.4, -0.2) is 0 Å². The number of aryl methyl sites for hydroxylation is 1. The number of allylic oxidation sites excluding steroid dienone is 1. The van der Waals surface area contributed by atoms with Gasteiger partial charge in [0.1, 0.15) is 0 Å². The second kappa shape index (κ2) is 6.35. The van der Waals surface area contributed by atoms with Crippen molar-refractivity contribution in [3.8, 4) is 0 Å². The molecule has 1 aromatic rings. The van der Waals surface area contributed by atoms with Crippen molar-refractivity contribution < 1.29 is 26.2 Å². The molecule has 0 aromatic heterocycles. The largest absolute Gasteiger partial charge is 2.00 e. The monoisotopic (exact) mass is 264 g/mol. The first-order valence-electron chi connectivity index (χ1n) is 4.06. The predicted molar refractivity (Wildman–Crippen MR) is 61.5 cm³/mol. The van der Waals surface area contributed by atoms with Gasteiger partial charge >= 0.3 is 26.2 Å². The van der Waals surface area contributed by atoms with Gasteiger partial charge in [0.05, 0.1) is 0 Å². The molecule has 0 N–H and O–H groups in total. The van der Waals surface area contributed by atoms with Gasteiger partial charge in [-0.05, 0) is 24.0 Å². The number of fused-ring (bicyclic) bond motifs is 1. The van der Waals surface area contributed by atoms with Crippen LogP contribution >= 0.6 is 0 Å². The van der Waals surface area contributed by atoms with Crippen LogP contribution in [0, 0.1) is 21.8 Å². The minimum Gasteiger partial charge on any atom is -0.358 e. The Bertz CT molecular complexity index is 313. The van der Waals surface area contributed by atoms with Crippen LogP contribution in [0.25, 0.3) is 6.08 Å². The van der Waals surface area contributed by atoms with Crippen LogP contribution in [0.4, 0.5) is 0 Å². The summed E-state index contributed by atoms with van der Waals surface area (Å²) < 4.78 is 0. The zero-order valence-corrected chi connectivity index (χ0v) is 11.9. The molecule has 0 amide bonds. The standard InChI is InChI=1S/C11H12.2CH3.Zr/c1-8-3-6-11-9(2)4-5-10(11)7-8;;;/h3-7,9H,1-2H3;2*1H3;/q;2*-1;+2. The van der Waals surface area contributed by atoms with Gasteiger partial charge in [-0.15, -0.1) is 0 Å². The van der Waals surface area contributed by atoms with E-state index in [-0.39, 0.29) is 41.1 Å². The van der Waals surface area contributed by atoms with Gasteiger partial charge < -0.3 is 14.9 Å². The van der Waals surface area contributed by atoms with Crippen molar-refractivity contribution in [2.24, 2.45) is 0 Å². The zero-order valence-electron chi connectivity index (χ0n) is 9.46. The van der Waals surface area contributed by atoms with E-state index in [9.17, 15) is 0 Å². The summed E-state index contributed by atoms with van der Waals surface area (Å²) in [6.45, 7) is 4.37. The first-order chi connectivity index (χ1) is 5.27. The van der Waals surface area contributed by atoms with Crippen molar-refractivity contribution in [3.05, 3.63) is 55.8 Å². The molecule has 74 valence electrons. The van der Waals surface area contributed by atoms with Crippen LogP contribution in [0.5, 0.6) is 0 Å². The molecule has 0 saturated heterocycles. The minimum absolute atomic E-state index is 0. The van der Waals surface area contributed by atoms with Gasteiger partial charge in [-0.25, -0.2) is 0 Å². The first kappa shape index (κ1) is 16.3. The van der Waals surface area contributed by atoms with Gasteiger partial charge in [0.15, 0.2) is 0 Å². The normalized spacial score (nSPS) is 16.0. The summed E-state index contributed by atoms with van der Waals surface area (Å²) in [6, 6.07) is 6.66. The fraction of sp³-hybridized carbons (Fsp3) is 0.231. The molecule has 1 heteroatoms. The SMILES string of the molecule is Cc1ccc2c(c1)C=CC2C.[CH3-].[CH3-].[Zr+2]. The Morgan fingerprint density at radius 2 is 1.79 bits per heavy atom. The molecule has 0 nitrogen and oxygen atoms in total. The maximum Gasteiger partial charge on any atom is 2.00 e. The third-order valence-corrected chi connectivity index (χ3v) is 2.30. The average molecular weight is 266 g/mol. The molecular formula is C13H18Zr. The number of rotatable bonds is 0. The molecule has 0 bridgehead atoms. The number of hydrogen-bond acceptors (Lipinski definition) is 0. The molecule has 2 rings (SSSR count). The van der Waals surface area contributed by atoms with E-state index in [1.165, 1.54) is 16.7 Å². The minimum atomic E-state index is 0. The second-order valence-corrected chi connectivity index (χ2v) is 3.28. The van der Waals surface area contributed by atoms with Crippen LogP contribution in [0.3, 0.4) is 0 Å². The number of hydrogen-bond donors (Lipinski definition) is 0. The van der Waals surface area contributed by atoms with Gasteiger partial charge in [-0.2, -0.15) is 0 Å². The fourth-order valence-corrected chi connectivity index (χ4v) is 1.60. The van der Waals surface area contributed by atoms with Crippen LogP contribution in [-0.2, 0) is 26.2 Å². The van der Waals surface area contributed by atoms with Gasteiger partial charge in [0.25, 0.3) is 0 Å². The summed E-state index contributed by atoms with van der Waals surface area (Å²) in [5, 5.41) is 0. The molecular weight excluding hydrogens is 247 g/mol. The molecule has 1 aromatic carbocycles. The Hall–Kier alpha value is -0.157. The summed E-state index contributed by atoms with van der Waals surface area (Å²) in [6.07, 6.45) is 4.47. The van der Waals surface area contributed by atoms with E-state index in [0.29, 0.717) is 5.92 Å². The Labute approximate surface area is 108 Å². The van der Waals surface area contributed by atoms with Gasteiger partial charge in [-0.3, -0.25) is 0 Å². The van der Waals surface area contributed by atoms with E-state index in [1.807, 2.05) is 0 Å². The van der Waals surface area contributed by atoms with Gasteiger partial charge in [0.2, 0.25) is 0 Å². The molecule has 0 spiro atoms. The Morgan fingerprint density at radius 1 is 1.14 bits per heavy atom. The molecule has 1 unspecified atom stereocenters. The Kier molecular flexibility index (Phi) is 7.38. The van der Waals surface area contributed by atoms with E-state index < -0.39 is 0 Å². The van der Waals surface area contributed by atoms with E-state index in [4.69, 9.17) is 0 Å². The molecule has 14 heavy (non-hydrogen) atoms. The maximum absolute atomic E-state index is 2.25. The van der Waals surface area contributed by atoms with E-state index in [1.54, 1.807) is 0 Å². The fourth-order valence-electron chi connectivity index (χ4n) is 1.60. The summed E-state index contributed by atoms with van der Waals surface area (Å²) in [5.41, 5.74) is 4.22. The van der Waals surface area contributed by atoms with Crippen LogP contribution in [0.2, 0.25) is 0 Å². The predicted octanol–water partition coefficient (Wildman–Crippen LogP) is 4.02. The van der Waals surface area contributed by atoms with E-state index in [2.05, 4.69) is 44.2 Å².